The van der Waals surface area contributed by atoms with Gasteiger partial charge in [-0.2, -0.15) is 0 Å². The Kier molecular flexibility index (Phi) is 12.0. The van der Waals surface area contributed by atoms with Crippen LogP contribution in [0.3, 0.4) is 0 Å². The average Bonchev–Trinajstić information content (AvgIpc) is 3.48. The predicted octanol–water partition coefficient (Wildman–Crippen LogP) is 18.2. The van der Waals surface area contributed by atoms with Crippen LogP contribution in [-0.4, -0.2) is 15.0 Å². The second kappa shape index (κ2) is 19.8. The van der Waals surface area contributed by atoms with Crippen molar-refractivity contribution >= 4 is 0 Å². The van der Waals surface area contributed by atoms with E-state index in [1.807, 2.05) is 60.7 Å². The molecule has 12 aromatic rings. The molecule has 338 valence electrons. The van der Waals surface area contributed by atoms with Gasteiger partial charge in [0.15, 0.2) is 17.5 Å². The molecule has 12 rings (SSSR count). The predicted molar refractivity (Wildman–Crippen MR) is 300 cm³/mol. The maximum absolute atomic E-state index is 5.06. The third-order valence-electron chi connectivity index (χ3n) is 13.2. The molecule has 0 saturated carbocycles. The van der Waals surface area contributed by atoms with E-state index in [1.165, 1.54) is 44.5 Å². The van der Waals surface area contributed by atoms with E-state index in [0.717, 1.165) is 61.2 Å². The number of aromatic nitrogens is 3. The van der Waals surface area contributed by atoms with E-state index in [0.29, 0.717) is 17.5 Å². The molecule has 11 aromatic carbocycles. The molecule has 0 N–H and O–H groups in total. The molecule has 3 heteroatoms. The summed E-state index contributed by atoms with van der Waals surface area (Å²) < 4.78 is 0. The van der Waals surface area contributed by atoms with E-state index in [-0.39, 0.29) is 0 Å². The zero-order valence-corrected chi connectivity index (χ0v) is 39.5. The second-order valence-corrected chi connectivity index (χ2v) is 18.1. The molecule has 72 heavy (non-hydrogen) atoms. The molecule has 0 bridgehead atoms. The van der Waals surface area contributed by atoms with Crippen LogP contribution in [0.25, 0.3) is 123 Å². The smallest absolute Gasteiger partial charge is 0.164 e. The standard InChI is InChI=1S/C69H47N3/c1-7-21-48(22-8-1)58-39-59(49-23-9-2-10-24-49)42-63(41-58)65-45-62(46-66(47-65)64-43-60(50-25-11-3-12-26-50)40-61(44-64)51-27-13-4-14-28-51)56-35-19-33-54(37-56)55-34-20-36-57(38-55)69-71-67(52-29-15-5-16-30-52)70-68(72-69)53-31-17-6-18-32-53/h1-47H. The highest BCUT2D eigenvalue weighted by atomic mass is 15.0. The summed E-state index contributed by atoms with van der Waals surface area (Å²) in [5, 5.41) is 0. The van der Waals surface area contributed by atoms with Crippen molar-refractivity contribution in [3.05, 3.63) is 285 Å². The summed E-state index contributed by atoms with van der Waals surface area (Å²) in [7, 11) is 0. The third-order valence-corrected chi connectivity index (χ3v) is 13.2. The first kappa shape index (κ1) is 43.7. The second-order valence-electron chi connectivity index (χ2n) is 18.1. The molecule has 1 aromatic heterocycles. The van der Waals surface area contributed by atoms with E-state index < -0.39 is 0 Å². The minimum Gasteiger partial charge on any atom is -0.208 e. The highest BCUT2D eigenvalue weighted by Crippen LogP contribution is 2.41. The zero-order valence-electron chi connectivity index (χ0n) is 39.5. The van der Waals surface area contributed by atoms with Gasteiger partial charge in [-0.1, -0.05) is 218 Å². The molecule has 0 saturated heterocycles. The van der Waals surface area contributed by atoms with Gasteiger partial charge >= 0.3 is 0 Å². The van der Waals surface area contributed by atoms with Gasteiger partial charge in [-0.05, 0) is 156 Å². The Balaban J connectivity index is 1.02. The third kappa shape index (κ3) is 9.43. The van der Waals surface area contributed by atoms with E-state index in [2.05, 4.69) is 224 Å². The van der Waals surface area contributed by atoms with E-state index in [9.17, 15) is 0 Å². The summed E-state index contributed by atoms with van der Waals surface area (Å²) in [6.45, 7) is 0. The van der Waals surface area contributed by atoms with Gasteiger partial charge in [0.25, 0.3) is 0 Å². The van der Waals surface area contributed by atoms with Crippen LogP contribution in [0.4, 0.5) is 0 Å². The zero-order chi connectivity index (χ0) is 48.1. The Morgan fingerprint density at radius 2 is 0.292 bits per heavy atom. The van der Waals surface area contributed by atoms with Crippen LogP contribution < -0.4 is 0 Å². The van der Waals surface area contributed by atoms with E-state index in [4.69, 9.17) is 15.0 Å². The van der Waals surface area contributed by atoms with Crippen molar-refractivity contribution in [3.8, 4) is 123 Å². The summed E-state index contributed by atoms with van der Waals surface area (Å²) in [4.78, 5) is 15.1. The molecule has 1 heterocycles. The monoisotopic (exact) mass is 917 g/mol. The highest BCUT2D eigenvalue weighted by Gasteiger charge is 2.16. The molecular formula is C69H47N3. The van der Waals surface area contributed by atoms with Crippen molar-refractivity contribution in [2.75, 3.05) is 0 Å². The Morgan fingerprint density at radius 3 is 0.583 bits per heavy atom. The Morgan fingerprint density at radius 1 is 0.125 bits per heavy atom. The van der Waals surface area contributed by atoms with Gasteiger partial charge in [-0.15, -0.1) is 0 Å². The van der Waals surface area contributed by atoms with Crippen LogP contribution in [0.1, 0.15) is 0 Å². The lowest BCUT2D eigenvalue weighted by atomic mass is 9.88. The lowest BCUT2D eigenvalue weighted by molar-refractivity contribution is 1.07. The molecule has 0 unspecified atom stereocenters. The van der Waals surface area contributed by atoms with Crippen molar-refractivity contribution in [1.82, 2.24) is 15.0 Å². The molecule has 0 radical (unpaired) electrons. The van der Waals surface area contributed by atoms with Gasteiger partial charge in [0.05, 0.1) is 0 Å². The van der Waals surface area contributed by atoms with Gasteiger partial charge in [0.2, 0.25) is 0 Å². The summed E-state index contributed by atoms with van der Waals surface area (Å²) >= 11 is 0. The number of hydrogen-bond acceptors (Lipinski definition) is 3. The fraction of sp³-hybridized carbons (Fsp3) is 0. The van der Waals surface area contributed by atoms with Gasteiger partial charge in [0.1, 0.15) is 0 Å². The van der Waals surface area contributed by atoms with Crippen LogP contribution >= 0.6 is 0 Å². The summed E-state index contributed by atoms with van der Waals surface area (Å²) in [5.41, 5.74) is 21.1. The summed E-state index contributed by atoms with van der Waals surface area (Å²) in [6, 6.07) is 102. The minimum atomic E-state index is 0.623. The van der Waals surface area contributed by atoms with Crippen molar-refractivity contribution in [3.63, 3.8) is 0 Å². The van der Waals surface area contributed by atoms with E-state index in [1.54, 1.807) is 0 Å². The van der Waals surface area contributed by atoms with Crippen LogP contribution in [0.2, 0.25) is 0 Å². The average molecular weight is 918 g/mol. The lowest BCUT2D eigenvalue weighted by Gasteiger charge is -2.16. The minimum absolute atomic E-state index is 0.623. The quantitative estimate of drug-likeness (QED) is 0.130. The lowest BCUT2D eigenvalue weighted by Crippen LogP contribution is -2.00. The molecule has 0 aliphatic rings. The number of hydrogen-bond donors (Lipinski definition) is 0. The van der Waals surface area contributed by atoms with Crippen molar-refractivity contribution in [2.24, 2.45) is 0 Å². The molecule has 0 atom stereocenters. The van der Waals surface area contributed by atoms with Crippen LogP contribution in [0.15, 0.2) is 285 Å². The first-order valence-corrected chi connectivity index (χ1v) is 24.4. The Labute approximate surface area is 421 Å². The molecular weight excluding hydrogens is 871 g/mol. The number of nitrogens with zero attached hydrogens (tertiary/aromatic N) is 3. The normalized spacial score (nSPS) is 11.1. The van der Waals surface area contributed by atoms with Crippen LogP contribution in [-0.2, 0) is 0 Å². The molecule has 0 spiro atoms. The van der Waals surface area contributed by atoms with Crippen LogP contribution in [0.5, 0.6) is 0 Å². The van der Waals surface area contributed by atoms with Crippen LogP contribution in [0, 0.1) is 0 Å². The molecule has 0 aliphatic heterocycles. The Bertz CT molecular complexity index is 3500. The fourth-order valence-corrected chi connectivity index (χ4v) is 9.56. The maximum atomic E-state index is 5.06. The number of benzene rings is 11. The van der Waals surface area contributed by atoms with Crippen molar-refractivity contribution in [2.45, 2.75) is 0 Å². The van der Waals surface area contributed by atoms with Crippen molar-refractivity contribution < 1.29 is 0 Å². The molecule has 0 fully saturated rings. The SMILES string of the molecule is c1ccc(-c2cc(-c3ccccc3)cc(-c3cc(-c4cccc(-c5cccc(-c6nc(-c7ccccc7)nc(-c7ccccc7)n6)c5)c4)cc(-c4cc(-c5ccccc5)cc(-c5ccccc5)c4)c3)c2)cc1. The summed E-state index contributed by atoms with van der Waals surface area (Å²) in [5.74, 6) is 1.90. The Hall–Kier alpha value is -9.57. The summed E-state index contributed by atoms with van der Waals surface area (Å²) in [6.07, 6.45) is 0. The molecule has 0 aliphatic carbocycles. The molecule has 3 nitrogen and oxygen atoms in total. The first-order valence-electron chi connectivity index (χ1n) is 24.4. The highest BCUT2D eigenvalue weighted by molar-refractivity contribution is 5.89. The van der Waals surface area contributed by atoms with Gasteiger partial charge in [-0.3, -0.25) is 0 Å². The van der Waals surface area contributed by atoms with Crippen molar-refractivity contribution in [1.29, 1.82) is 0 Å². The molecule has 0 amide bonds. The van der Waals surface area contributed by atoms with Gasteiger partial charge in [-0.25, -0.2) is 15.0 Å². The topological polar surface area (TPSA) is 38.7 Å². The van der Waals surface area contributed by atoms with E-state index >= 15 is 0 Å². The van der Waals surface area contributed by atoms with Gasteiger partial charge < -0.3 is 0 Å². The number of rotatable bonds is 11. The largest absolute Gasteiger partial charge is 0.208 e. The fourth-order valence-electron chi connectivity index (χ4n) is 9.56. The maximum Gasteiger partial charge on any atom is 0.164 e. The van der Waals surface area contributed by atoms with Gasteiger partial charge in [0, 0.05) is 16.7 Å². The first-order chi connectivity index (χ1) is 35.6.